The monoisotopic (exact) mass is 314 g/mol. The molecule has 8 heteroatoms. The van der Waals surface area contributed by atoms with Gasteiger partial charge in [-0.25, -0.2) is 8.42 Å². The van der Waals surface area contributed by atoms with Crippen LogP contribution in [-0.4, -0.2) is 50.1 Å². The van der Waals surface area contributed by atoms with Crippen LogP contribution in [0.4, 0.5) is 5.69 Å². The van der Waals surface area contributed by atoms with Gasteiger partial charge in [0.1, 0.15) is 0 Å². The average molecular weight is 314 g/mol. The van der Waals surface area contributed by atoms with E-state index in [0.29, 0.717) is 11.3 Å². The van der Waals surface area contributed by atoms with Gasteiger partial charge in [0.2, 0.25) is 10.0 Å². The molecule has 0 radical (unpaired) electrons. The van der Waals surface area contributed by atoms with Crippen molar-refractivity contribution in [3.8, 4) is 0 Å². The zero-order chi connectivity index (χ0) is 16.0. The highest BCUT2D eigenvalue weighted by Gasteiger charge is 2.12. The minimum absolute atomic E-state index is 0.0435. The first-order valence-electron chi connectivity index (χ1n) is 6.25. The van der Waals surface area contributed by atoms with E-state index >= 15 is 0 Å². The van der Waals surface area contributed by atoms with Crippen LogP contribution in [0.15, 0.2) is 24.3 Å². The van der Waals surface area contributed by atoms with Gasteiger partial charge in [0.15, 0.2) is 0 Å². The molecule has 0 saturated carbocycles. The molecule has 1 aromatic carbocycles. The number of hydrogen-bond donors (Lipinski definition) is 2. The number of hydrogen-bond acceptors (Lipinski definition) is 4. The number of nitrogens with zero attached hydrogens (tertiary/aromatic N) is 1. The van der Waals surface area contributed by atoms with Crippen molar-refractivity contribution < 1.29 is 23.1 Å². The van der Waals surface area contributed by atoms with Gasteiger partial charge in [0.25, 0.3) is 5.91 Å². The Balaban J connectivity index is 2.66. The quantitative estimate of drug-likeness (QED) is 0.781. The molecule has 0 heterocycles. The van der Waals surface area contributed by atoms with Gasteiger partial charge in [-0.2, -0.15) is 0 Å². The molecule has 0 saturated heterocycles. The first kappa shape index (κ1) is 17.0. The predicted molar refractivity (Wildman–Crippen MR) is 78.7 cm³/mol. The Labute approximate surface area is 123 Å². The average Bonchev–Trinajstić information content (AvgIpc) is 2.37. The molecular weight excluding hydrogens is 296 g/mol. The topological polar surface area (TPSA) is 104 Å². The molecule has 1 aromatic rings. The maximum Gasteiger partial charge on any atom is 0.303 e. The second-order valence-electron chi connectivity index (χ2n) is 4.70. The number of carbonyl (C=O) groups is 2. The van der Waals surface area contributed by atoms with Crippen LogP contribution in [0, 0.1) is 0 Å². The molecule has 0 fully saturated rings. The summed E-state index contributed by atoms with van der Waals surface area (Å²) in [5.74, 6) is -1.47. The molecule has 0 spiro atoms. The molecule has 0 aliphatic heterocycles. The highest BCUT2D eigenvalue weighted by atomic mass is 32.2. The van der Waals surface area contributed by atoms with Crippen LogP contribution < -0.4 is 4.72 Å². The zero-order valence-electron chi connectivity index (χ0n) is 11.9. The third-order valence-electron chi connectivity index (χ3n) is 2.62. The molecule has 1 amide bonds. The van der Waals surface area contributed by atoms with Crippen LogP contribution in [-0.2, 0) is 14.8 Å². The summed E-state index contributed by atoms with van der Waals surface area (Å²) in [5.41, 5.74) is 0.787. The molecular formula is C13H18N2O5S. The third-order valence-corrected chi connectivity index (χ3v) is 3.99. The fraction of sp³-hybridized carbons (Fsp3) is 0.385. The van der Waals surface area contributed by atoms with Gasteiger partial charge in [-0.15, -0.1) is 0 Å². The number of benzene rings is 1. The van der Waals surface area contributed by atoms with Crippen LogP contribution in [0.25, 0.3) is 0 Å². The van der Waals surface area contributed by atoms with Gasteiger partial charge >= 0.3 is 5.97 Å². The molecule has 0 bridgehead atoms. The van der Waals surface area contributed by atoms with Crippen LogP contribution in [0.5, 0.6) is 0 Å². The lowest BCUT2D eigenvalue weighted by Crippen LogP contribution is -2.21. The molecule has 21 heavy (non-hydrogen) atoms. The summed E-state index contributed by atoms with van der Waals surface area (Å²) in [7, 11) is -0.336. The Morgan fingerprint density at radius 2 is 1.76 bits per heavy atom. The second-order valence-corrected chi connectivity index (χ2v) is 6.54. The number of rotatable bonds is 7. The summed E-state index contributed by atoms with van der Waals surface area (Å²) in [6, 6.07) is 6.03. The van der Waals surface area contributed by atoms with E-state index in [1.807, 2.05) is 0 Å². The smallest absolute Gasteiger partial charge is 0.303 e. The SMILES string of the molecule is CN(C)C(=O)c1ccc(NS(=O)(=O)CCCC(=O)O)cc1. The molecule has 0 unspecified atom stereocenters. The normalized spacial score (nSPS) is 11.0. The minimum Gasteiger partial charge on any atom is -0.481 e. The second kappa shape index (κ2) is 7.07. The third kappa shape index (κ3) is 5.82. The Kier molecular flexibility index (Phi) is 5.71. The molecule has 116 valence electrons. The van der Waals surface area contributed by atoms with E-state index in [1.165, 1.54) is 29.2 Å². The summed E-state index contributed by atoms with van der Waals surface area (Å²) in [6.45, 7) is 0. The highest BCUT2D eigenvalue weighted by molar-refractivity contribution is 7.92. The molecule has 0 aliphatic rings. The van der Waals surface area contributed by atoms with Crippen molar-refractivity contribution in [1.29, 1.82) is 0 Å². The van der Waals surface area contributed by atoms with Crippen molar-refractivity contribution >= 4 is 27.6 Å². The molecule has 7 nitrogen and oxygen atoms in total. The van der Waals surface area contributed by atoms with Gasteiger partial charge in [0.05, 0.1) is 5.75 Å². The van der Waals surface area contributed by atoms with Crippen molar-refractivity contribution in [2.75, 3.05) is 24.6 Å². The van der Waals surface area contributed by atoms with Gasteiger partial charge in [-0.3, -0.25) is 14.3 Å². The minimum atomic E-state index is -3.59. The lowest BCUT2D eigenvalue weighted by Gasteiger charge is -2.11. The number of aliphatic carboxylic acids is 1. The van der Waals surface area contributed by atoms with Gasteiger partial charge in [0, 0.05) is 31.8 Å². The summed E-state index contributed by atoms with van der Waals surface area (Å²) in [5, 5.41) is 8.48. The Morgan fingerprint density at radius 1 is 1.19 bits per heavy atom. The van der Waals surface area contributed by atoms with E-state index in [0.717, 1.165) is 0 Å². The molecule has 0 aromatic heterocycles. The largest absolute Gasteiger partial charge is 0.481 e. The molecule has 1 rings (SSSR count). The molecule has 0 aliphatic carbocycles. The number of anilines is 1. The molecule has 2 N–H and O–H groups in total. The fourth-order valence-corrected chi connectivity index (χ4v) is 2.70. The Bertz CT molecular complexity index is 608. The summed E-state index contributed by atoms with van der Waals surface area (Å²) >= 11 is 0. The van der Waals surface area contributed by atoms with Crippen LogP contribution in [0.2, 0.25) is 0 Å². The van der Waals surface area contributed by atoms with Crippen LogP contribution >= 0.6 is 0 Å². The highest BCUT2D eigenvalue weighted by Crippen LogP contribution is 2.13. The van der Waals surface area contributed by atoms with Gasteiger partial charge in [-0.05, 0) is 30.7 Å². The van der Waals surface area contributed by atoms with Crippen LogP contribution in [0.3, 0.4) is 0 Å². The Hall–Kier alpha value is -2.09. The van der Waals surface area contributed by atoms with Gasteiger partial charge < -0.3 is 10.0 Å². The lowest BCUT2D eigenvalue weighted by molar-refractivity contribution is -0.137. The number of carboxylic acid groups (broad SMARTS) is 1. The summed E-state index contributed by atoms with van der Waals surface area (Å²) in [4.78, 5) is 23.4. The summed E-state index contributed by atoms with van der Waals surface area (Å²) < 4.78 is 25.8. The first-order chi connectivity index (χ1) is 9.71. The Morgan fingerprint density at radius 3 is 2.24 bits per heavy atom. The van der Waals surface area contributed by atoms with Crippen LogP contribution in [0.1, 0.15) is 23.2 Å². The number of sulfonamides is 1. The number of carboxylic acids is 1. The van der Waals surface area contributed by atoms with Crippen molar-refractivity contribution in [1.82, 2.24) is 4.90 Å². The van der Waals surface area contributed by atoms with Crippen molar-refractivity contribution in [3.05, 3.63) is 29.8 Å². The van der Waals surface area contributed by atoms with E-state index in [4.69, 9.17) is 5.11 Å². The number of carbonyl (C=O) groups excluding carboxylic acids is 1. The summed E-state index contributed by atoms with van der Waals surface area (Å²) in [6.07, 6.45) is -0.154. The van der Waals surface area contributed by atoms with E-state index < -0.39 is 16.0 Å². The van der Waals surface area contributed by atoms with E-state index in [2.05, 4.69) is 4.72 Å². The standard InChI is InChI=1S/C13H18N2O5S/c1-15(2)13(18)10-5-7-11(8-6-10)14-21(19,20)9-3-4-12(16)17/h5-8,14H,3-4,9H2,1-2H3,(H,16,17). The van der Waals surface area contributed by atoms with E-state index in [9.17, 15) is 18.0 Å². The lowest BCUT2D eigenvalue weighted by atomic mass is 10.2. The van der Waals surface area contributed by atoms with Crippen molar-refractivity contribution in [3.63, 3.8) is 0 Å². The molecule has 0 atom stereocenters. The van der Waals surface area contributed by atoms with Gasteiger partial charge in [-0.1, -0.05) is 0 Å². The van der Waals surface area contributed by atoms with Crippen molar-refractivity contribution in [2.24, 2.45) is 0 Å². The zero-order valence-corrected chi connectivity index (χ0v) is 12.7. The predicted octanol–water partition coefficient (Wildman–Crippen LogP) is 0.995. The maximum absolute atomic E-state index is 11.7. The number of nitrogens with one attached hydrogen (secondary N) is 1. The van der Waals surface area contributed by atoms with E-state index in [-0.39, 0.29) is 24.5 Å². The van der Waals surface area contributed by atoms with E-state index in [1.54, 1.807) is 14.1 Å². The maximum atomic E-state index is 11.7. The number of amides is 1. The van der Waals surface area contributed by atoms with Crippen molar-refractivity contribution in [2.45, 2.75) is 12.8 Å². The fourth-order valence-electron chi connectivity index (χ4n) is 1.58. The first-order valence-corrected chi connectivity index (χ1v) is 7.90.